The van der Waals surface area contributed by atoms with Crippen molar-refractivity contribution in [1.29, 1.82) is 0 Å². The Bertz CT molecular complexity index is 640. The van der Waals surface area contributed by atoms with Crippen LogP contribution in [0.15, 0.2) is 36.5 Å². The number of aryl methyl sites for hydroxylation is 1. The Hall–Kier alpha value is -2.56. The number of aromatic nitrogens is 1. The van der Waals surface area contributed by atoms with Crippen LogP contribution in [0.25, 0.3) is 0 Å². The van der Waals surface area contributed by atoms with E-state index in [1.54, 1.807) is 37.4 Å². The second-order valence-electron chi connectivity index (χ2n) is 4.54. The summed E-state index contributed by atoms with van der Waals surface area (Å²) in [6, 6.07) is 8.25. The number of pyridine rings is 1. The zero-order valence-corrected chi connectivity index (χ0v) is 12.0. The van der Waals surface area contributed by atoms with Crippen molar-refractivity contribution in [3.8, 4) is 17.4 Å². The lowest BCUT2D eigenvalue weighted by molar-refractivity contribution is 0.0696. The first-order valence-electron chi connectivity index (χ1n) is 6.71. The van der Waals surface area contributed by atoms with E-state index in [1.165, 1.54) is 6.07 Å². The van der Waals surface area contributed by atoms with Crippen molar-refractivity contribution in [3.63, 3.8) is 0 Å². The van der Waals surface area contributed by atoms with Gasteiger partial charge in [0.1, 0.15) is 5.75 Å². The van der Waals surface area contributed by atoms with Gasteiger partial charge in [0, 0.05) is 6.20 Å². The molecule has 5 heteroatoms. The van der Waals surface area contributed by atoms with Gasteiger partial charge >= 0.3 is 5.97 Å². The highest BCUT2D eigenvalue weighted by Crippen LogP contribution is 2.31. The van der Waals surface area contributed by atoms with Gasteiger partial charge in [-0.05, 0) is 49.2 Å². The molecule has 2 rings (SSSR count). The van der Waals surface area contributed by atoms with Crippen molar-refractivity contribution >= 4 is 5.97 Å². The number of ether oxygens (including phenoxy) is 2. The van der Waals surface area contributed by atoms with Gasteiger partial charge in [0.15, 0.2) is 5.75 Å². The Morgan fingerprint density at radius 1 is 1.29 bits per heavy atom. The number of carbonyl (C=O) groups is 1. The summed E-state index contributed by atoms with van der Waals surface area (Å²) in [6.45, 7) is 4.39. The van der Waals surface area contributed by atoms with Crippen molar-refractivity contribution in [1.82, 2.24) is 4.98 Å². The van der Waals surface area contributed by atoms with Crippen molar-refractivity contribution in [2.75, 3.05) is 6.61 Å². The van der Waals surface area contributed by atoms with Crippen LogP contribution in [0.3, 0.4) is 0 Å². The first-order valence-corrected chi connectivity index (χ1v) is 6.71. The van der Waals surface area contributed by atoms with E-state index < -0.39 is 5.97 Å². The van der Waals surface area contributed by atoms with Gasteiger partial charge in [-0.15, -0.1) is 0 Å². The number of benzene rings is 1. The molecule has 0 saturated carbocycles. The van der Waals surface area contributed by atoms with E-state index >= 15 is 0 Å². The van der Waals surface area contributed by atoms with Gasteiger partial charge in [-0.2, -0.15) is 0 Å². The van der Waals surface area contributed by atoms with E-state index in [0.717, 1.165) is 12.0 Å². The first-order chi connectivity index (χ1) is 10.1. The molecule has 0 aliphatic rings. The summed E-state index contributed by atoms with van der Waals surface area (Å²) in [6.07, 6.45) is 2.51. The van der Waals surface area contributed by atoms with Crippen molar-refractivity contribution in [2.24, 2.45) is 0 Å². The van der Waals surface area contributed by atoms with E-state index in [2.05, 4.69) is 4.98 Å². The Balaban J connectivity index is 2.24. The van der Waals surface area contributed by atoms with E-state index in [9.17, 15) is 4.79 Å². The SMILES string of the molecule is CCCOc1cccnc1Oc1ccc(C(=O)O)cc1C. The number of aromatic carboxylic acids is 1. The maximum absolute atomic E-state index is 10.9. The highest BCUT2D eigenvalue weighted by Gasteiger charge is 2.11. The van der Waals surface area contributed by atoms with Crippen LogP contribution < -0.4 is 9.47 Å². The van der Waals surface area contributed by atoms with Crippen molar-refractivity contribution in [3.05, 3.63) is 47.7 Å². The number of carboxylic acid groups (broad SMARTS) is 1. The molecule has 110 valence electrons. The van der Waals surface area contributed by atoms with Gasteiger partial charge < -0.3 is 14.6 Å². The second-order valence-corrected chi connectivity index (χ2v) is 4.54. The van der Waals surface area contributed by atoms with Crippen LogP contribution in [-0.2, 0) is 0 Å². The highest BCUT2D eigenvalue weighted by molar-refractivity contribution is 5.88. The third-order valence-corrected chi connectivity index (χ3v) is 2.83. The molecule has 0 amide bonds. The molecule has 0 bridgehead atoms. The standard InChI is InChI=1S/C16H17NO4/c1-3-9-20-14-5-4-8-17-15(14)21-13-7-6-12(16(18)19)10-11(13)2/h4-8,10H,3,9H2,1-2H3,(H,18,19). The molecular weight excluding hydrogens is 270 g/mol. The smallest absolute Gasteiger partial charge is 0.335 e. The summed E-state index contributed by atoms with van der Waals surface area (Å²) >= 11 is 0. The molecule has 0 radical (unpaired) electrons. The van der Waals surface area contributed by atoms with Crippen LogP contribution in [0.5, 0.6) is 17.4 Å². The predicted molar refractivity (Wildman–Crippen MR) is 78.2 cm³/mol. The molecule has 0 saturated heterocycles. The molecule has 2 aromatic rings. The number of hydrogen-bond acceptors (Lipinski definition) is 4. The Morgan fingerprint density at radius 2 is 2.10 bits per heavy atom. The first kappa shape index (κ1) is 14.8. The molecule has 0 aliphatic heterocycles. The van der Waals surface area contributed by atoms with E-state index in [4.69, 9.17) is 14.6 Å². The molecule has 0 atom stereocenters. The van der Waals surface area contributed by atoms with Crippen LogP contribution in [0.1, 0.15) is 29.3 Å². The zero-order valence-electron chi connectivity index (χ0n) is 12.0. The lowest BCUT2D eigenvalue weighted by Crippen LogP contribution is -2.00. The zero-order chi connectivity index (χ0) is 15.2. The summed E-state index contributed by atoms with van der Waals surface area (Å²) in [5.74, 6) is 0.535. The Morgan fingerprint density at radius 3 is 2.76 bits per heavy atom. The van der Waals surface area contributed by atoms with Gasteiger partial charge in [0.2, 0.25) is 0 Å². The topological polar surface area (TPSA) is 68.7 Å². The minimum absolute atomic E-state index is 0.225. The molecule has 21 heavy (non-hydrogen) atoms. The van der Waals surface area contributed by atoms with Crippen LogP contribution >= 0.6 is 0 Å². The average Bonchev–Trinajstić information content (AvgIpc) is 2.48. The maximum atomic E-state index is 10.9. The van der Waals surface area contributed by atoms with Gasteiger partial charge in [-0.1, -0.05) is 6.92 Å². The monoisotopic (exact) mass is 287 g/mol. The summed E-state index contributed by atoms with van der Waals surface area (Å²) in [5, 5.41) is 8.96. The molecule has 1 aromatic carbocycles. The van der Waals surface area contributed by atoms with E-state index in [1.807, 2.05) is 6.92 Å². The molecule has 1 aromatic heterocycles. The summed E-state index contributed by atoms with van der Waals surface area (Å²) in [4.78, 5) is 15.1. The minimum atomic E-state index is -0.963. The summed E-state index contributed by atoms with van der Waals surface area (Å²) in [7, 11) is 0. The Kier molecular flexibility index (Phi) is 4.77. The van der Waals surface area contributed by atoms with Gasteiger partial charge in [0.25, 0.3) is 5.88 Å². The van der Waals surface area contributed by atoms with Crippen molar-refractivity contribution in [2.45, 2.75) is 20.3 Å². The van der Waals surface area contributed by atoms with Crippen molar-refractivity contribution < 1.29 is 19.4 Å². The molecular formula is C16H17NO4. The average molecular weight is 287 g/mol. The molecule has 0 aliphatic carbocycles. The number of rotatable bonds is 6. The van der Waals surface area contributed by atoms with Gasteiger partial charge in [0.05, 0.1) is 12.2 Å². The normalized spacial score (nSPS) is 10.2. The van der Waals surface area contributed by atoms with Crippen LogP contribution in [-0.4, -0.2) is 22.7 Å². The van der Waals surface area contributed by atoms with E-state index in [-0.39, 0.29) is 5.56 Å². The second kappa shape index (κ2) is 6.74. The largest absolute Gasteiger partial charge is 0.488 e. The van der Waals surface area contributed by atoms with E-state index in [0.29, 0.717) is 24.0 Å². The maximum Gasteiger partial charge on any atom is 0.335 e. The van der Waals surface area contributed by atoms with Crippen LogP contribution in [0.4, 0.5) is 0 Å². The third kappa shape index (κ3) is 3.72. The van der Waals surface area contributed by atoms with Crippen LogP contribution in [0, 0.1) is 6.92 Å². The fourth-order valence-corrected chi connectivity index (χ4v) is 1.78. The summed E-state index contributed by atoms with van der Waals surface area (Å²) in [5.41, 5.74) is 0.949. The van der Waals surface area contributed by atoms with Gasteiger partial charge in [-0.25, -0.2) is 9.78 Å². The number of nitrogens with zero attached hydrogens (tertiary/aromatic N) is 1. The fourth-order valence-electron chi connectivity index (χ4n) is 1.78. The summed E-state index contributed by atoms with van der Waals surface area (Å²) < 4.78 is 11.3. The minimum Gasteiger partial charge on any atom is -0.488 e. The lowest BCUT2D eigenvalue weighted by Gasteiger charge is -2.12. The molecule has 1 heterocycles. The highest BCUT2D eigenvalue weighted by atomic mass is 16.5. The Labute approximate surface area is 123 Å². The quantitative estimate of drug-likeness (QED) is 0.877. The fraction of sp³-hybridized carbons (Fsp3) is 0.250. The van der Waals surface area contributed by atoms with Gasteiger partial charge in [-0.3, -0.25) is 0 Å². The molecule has 0 unspecified atom stereocenters. The third-order valence-electron chi connectivity index (χ3n) is 2.83. The molecule has 0 spiro atoms. The number of hydrogen-bond donors (Lipinski definition) is 1. The molecule has 5 nitrogen and oxygen atoms in total. The molecule has 1 N–H and O–H groups in total. The van der Waals surface area contributed by atoms with Crippen LogP contribution in [0.2, 0.25) is 0 Å². The number of carboxylic acids is 1. The lowest BCUT2D eigenvalue weighted by atomic mass is 10.1. The predicted octanol–water partition coefficient (Wildman–Crippen LogP) is 3.67. The molecule has 0 fully saturated rings.